The molecule has 0 fully saturated rings. The van der Waals surface area contributed by atoms with Crippen LogP contribution in [0.25, 0.3) is 0 Å². The van der Waals surface area contributed by atoms with Gasteiger partial charge in [0.2, 0.25) is 21.8 Å². The Labute approximate surface area is 159 Å². The molecule has 0 aliphatic heterocycles. The molecular weight excluding hydrogens is 366 g/mol. The molecule has 0 aliphatic rings. The van der Waals surface area contributed by atoms with Crippen LogP contribution in [0.3, 0.4) is 0 Å². The minimum Gasteiger partial charge on any atom is -0.349 e. The minimum atomic E-state index is -3.89. The normalized spacial score (nSPS) is 12.3. The number of nitrogens with one attached hydrogen (secondary N) is 2. The number of hydrogen-bond acceptors (Lipinski definition) is 4. The van der Waals surface area contributed by atoms with E-state index in [2.05, 4.69) is 10.6 Å². The van der Waals surface area contributed by atoms with Crippen LogP contribution in [-0.4, -0.2) is 20.2 Å². The van der Waals surface area contributed by atoms with Crippen LogP contribution < -0.4 is 15.8 Å². The van der Waals surface area contributed by atoms with Crippen molar-refractivity contribution in [2.45, 2.75) is 38.1 Å². The van der Waals surface area contributed by atoms with Crippen molar-refractivity contribution in [3.05, 3.63) is 59.2 Å². The molecule has 2 aromatic carbocycles. The number of nitrogens with two attached hydrogens (primary N) is 1. The van der Waals surface area contributed by atoms with Gasteiger partial charge in [-0.2, -0.15) is 0 Å². The Morgan fingerprint density at radius 2 is 1.74 bits per heavy atom. The molecule has 0 aromatic heterocycles. The highest BCUT2D eigenvalue weighted by Gasteiger charge is 2.19. The molecule has 0 saturated heterocycles. The van der Waals surface area contributed by atoms with Crippen molar-refractivity contribution in [1.82, 2.24) is 5.32 Å². The summed E-state index contributed by atoms with van der Waals surface area (Å²) < 4.78 is 23.3. The summed E-state index contributed by atoms with van der Waals surface area (Å²) in [6.45, 7) is 4.90. The molecule has 7 nitrogen and oxygen atoms in total. The number of primary sulfonamides is 1. The third kappa shape index (κ3) is 5.63. The lowest BCUT2D eigenvalue weighted by Crippen LogP contribution is -2.30. The highest BCUT2D eigenvalue weighted by molar-refractivity contribution is 7.89. The van der Waals surface area contributed by atoms with Gasteiger partial charge in [-0.15, -0.1) is 0 Å². The van der Waals surface area contributed by atoms with Crippen molar-refractivity contribution < 1.29 is 18.0 Å². The lowest BCUT2D eigenvalue weighted by atomic mass is 10.0. The van der Waals surface area contributed by atoms with Gasteiger partial charge in [-0.25, -0.2) is 13.6 Å². The molecule has 2 amide bonds. The van der Waals surface area contributed by atoms with Gasteiger partial charge >= 0.3 is 0 Å². The fourth-order valence-electron chi connectivity index (χ4n) is 2.69. The lowest BCUT2D eigenvalue weighted by Gasteiger charge is -2.19. The Morgan fingerprint density at radius 1 is 1.11 bits per heavy atom. The van der Waals surface area contributed by atoms with Crippen LogP contribution >= 0.6 is 0 Å². The van der Waals surface area contributed by atoms with E-state index >= 15 is 0 Å². The van der Waals surface area contributed by atoms with E-state index < -0.39 is 16.1 Å². The maximum absolute atomic E-state index is 12.6. The van der Waals surface area contributed by atoms with Crippen LogP contribution in [0.5, 0.6) is 0 Å². The van der Waals surface area contributed by atoms with Crippen molar-refractivity contribution >= 4 is 27.5 Å². The quantitative estimate of drug-likeness (QED) is 0.701. The van der Waals surface area contributed by atoms with Crippen molar-refractivity contribution in [2.24, 2.45) is 5.14 Å². The van der Waals surface area contributed by atoms with E-state index in [1.807, 2.05) is 30.3 Å². The Hall–Kier alpha value is -2.71. The minimum absolute atomic E-state index is 0.00167. The van der Waals surface area contributed by atoms with Crippen molar-refractivity contribution in [3.8, 4) is 0 Å². The molecule has 0 spiro atoms. The number of benzene rings is 2. The van der Waals surface area contributed by atoms with E-state index in [9.17, 15) is 18.0 Å². The number of carbonyl (C=O) groups is 2. The Morgan fingerprint density at radius 3 is 2.30 bits per heavy atom. The molecule has 0 aliphatic carbocycles. The third-order valence-corrected chi connectivity index (χ3v) is 5.11. The Bertz CT molecular complexity index is 956. The molecular formula is C19H23N3O4S. The second-order valence-electron chi connectivity index (χ2n) is 6.37. The van der Waals surface area contributed by atoms with Crippen LogP contribution in [0.2, 0.25) is 0 Å². The fraction of sp³-hybridized carbons (Fsp3) is 0.263. The topological polar surface area (TPSA) is 118 Å². The van der Waals surface area contributed by atoms with Gasteiger partial charge in [0.15, 0.2) is 0 Å². The highest BCUT2D eigenvalue weighted by atomic mass is 32.2. The molecule has 0 radical (unpaired) electrons. The molecule has 2 aromatic rings. The average molecular weight is 389 g/mol. The maximum Gasteiger partial charge on any atom is 0.238 e. The molecule has 8 heteroatoms. The van der Waals surface area contributed by atoms with Crippen molar-refractivity contribution in [1.29, 1.82) is 0 Å². The summed E-state index contributed by atoms with van der Waals surface area (Å²) >= 11 is 0. The van der Waals surface area contributed by atoms with Crippen molar-refractivity contribution in [2.75, 3.05) is 5.32 Å². The molecule has 27 heavy (non-hydrogen) atoms. The Balaban J connectivity index is 2.25. The summed E-state index contributed by atoms with van der Waals surface area (Å²) in [4.78, 5) is 24.0. The molecule has 144 valence electrons. The van der Waals surface area contributed by atoms with Gasteiger partial charge in [-0.3, -0.25) is 9.59 Å². The number of rotatable bonds is 6. The SMILES string of the molecule is CC(=O)N[C@H](CC(=O)Nc1cc(S(N)(=O)=O)cc(C)c1C)c1ccccc1. The van der Waals surface area contributed by atoms with E-state index in [4.69, 9.17) is 5.14 Å². The van der Waals surface area contributed by atoms with Gasteiger partial charge in [0, 0.05) is 12.6 Å². The molecule has 0 heterocycles. The summed E-state index contributed by atoms with van der Waals surface area (Å²) in [6, 6.07) is 11.5. The van der Waals surface area contributed by atoms with Gasteiger partial charge in [0.05, 0.1) is 17.4 Å². The van der Waals surface area contributed by atoms with E-state index in [1.165, 1.54) is 19.1 Å². The summed E-state index contributed by atoms with van der Waals surface area (Å²) in [5.41, 5.74) is 2.61. The van der Waals surface area contributed by atoms with Gasteiger partial charge in [-0.05, 0) is 42.7 Å². The second kappa shape index (κ2) is 8.32. The van der Waals surface area contributed by atoms with Crippen LogP contribution in [0, 0.1) is 13.8 Å². The molecule has 2 rings (SSSR count). The predicted octanol–water partition coefficient (Wildman–Crippen LogP) is 2.16. The van der Waals surface area contributed by atoms with Gasteiger partial charge in [0.1, 0.15) is 0 Å². The predicted molar refractivity (Wildman–Crippen MR) is 104 cm³/mol. The summed E-state index contributed by atoms with van der Waals surface area (Å²) in [7, 11) is -3.89. The number of anilines is 1. The van der Waals surface area contributed by atoms with E-state index in [1.54, 1.807) is 13.8 Å². The smallest absolute Gasteiger partial charge is 0.238 e. The van der Waals surface area contributed by atoms with Crippen LogP contribution in [0.15, 0.2) is 47.4 Å². The molecule has 1 atom stereocenters. The van der Waals surface area contributed by atoms with E-state index in [0.29, 0.717) is 11.3 Å². The summed E-state index contributed by atoms with van der Waals surface area (Å²) in [5.74, 6) is -0.605. The zero-order valence-corrected chi connectivity index (χ0v) is 16.3. The van der Waals surface area contributed by atoms with Gasteiger partial charge in [0.25, 0.3) is 0 Å². The summed E-state index contributed by atoms with van der Waals surface area (Å²) in [5, 5.41) is 10.7. The number of amides is 2. The van der Waals surface area contributed by atoms with Gasteiger partial charge in [-0.1, -0.05) is 30.3 Å². The zero-order valence-electron chi connectivity index (χ0n) is 15.4. The first-order chi connectivity index (χ1) is 12.6. The monoisotopic (exact) mass is 389 g/mol. The van der Waals surface area contributed by atoms with Crippen molar-refractivity contribution in [3.63, 3.8) is 0 Å². The number of aryl methyl sites for hydroxylation is 1. The van der Waals surface area contributed by atoms with Gasteiger partial charge < -0.3 is 10.6 Å². The standard InChI is InChI=1S/C19H23N3O4S/c1-12-9-16(27(20,25)26)10-17(13(12)2)22-19(24)11-18(21-14(3)23)15-7-5-4-6-8-15/h4-10,18H,11H2,1-3H3,(H,21,23)(H,22,24)(H2,20,25,26)/t18-/m1/s1. The fourth-order valence-corrected chi connectivity index (χ4v) is 3.31. The lowest BCUT2D eigenvalue weighted by molar-refractivity contribution is -0.120. The van der Waals surface area contributed by atoms with Crippen LogP contribution in [0.4, 0.5) is 5.69 Å². The highest BCUT2D eigenvalue weighted by Crippen LogP contribution is 2.25. The van der Waals surface area contributed by atoms with Crippen LogP contribution in [0.1, 0.15) is 36.1 Å². The first kappa shape index (κ1) is 20.6. The zero-order chi connectivity index (χ0) is 20.2. The Kier molecular flexibility index (Phi) is 6.35. The second-order valence-corrected chi connectivity index (χ2v) is 7.94. The van der Waals surface area contributed by atoms with E-state index in [-0.39, 0.29) is 23.1 Å². The number of sulfonamides is 1. The maximum atomic E-state index is 12.6. The molecule has 0 bridgehead atoms. The number of hydrogen-bond donors (Lipinski definition) is 3. The number of carbonyl (C=O) groups excluding carboxylic acids is 2. The first-order valence-corrected chi connectivity index (χ1v) is 9.88. The van der Waals surface area contributed by atoms with E-state index in [0.717, 1.165) is 11.1 Å². The largest absolute Gasteiger partial charge is 0.349 e. The molecule has 0 saturated carbocycles. The summed E-state index contributed by atoms with van der Waals surface area (Å²) in [6.07, 6.45) is 0.00167. The first-order valence-electron chi connectivity index (χ1n) is 8.34. The average Bonchev–Trinajstić information content (AvgIpc) is 2.57. The molecule has 0 unspecified atom stereocenters. The molecule has 4 N–H and O–H groups in total. The van der Waals surface area contributed by atoms with Crippen LogP contribution in [-0.2, 0) is 19.6 Å². The third-order valence-electron chi connectivity index (χ3n) is 4.21.